The number of ether oxygens (including phenoxy) is 1. The molecule has 1 aromatic carbocycles. The summed E-state index contributed by atoms with van der Waals surface area (Å²) in [6.45, 7) is 2.41. The zero-order chi connectivity index (χ0) is 19.9. The summed E-state index contributed by atoms with van der Waals surface area (Å²) < 4.78 is 6.67. The molecule has 0 saturated carbocycles. The number of esters is 1. The van der Waals surface area contributed by atoms with E-state index in [1.165, 1.54) is 12.1 Å². The van der Waals surface area contributed by atoms with Gasteiger partial charge in [-0.2, -0.15) is 5.10 Å². The van der Waals surface area contributed by atoms with Gasteiger partial charge >= 0.3 is 5.97 Å². The van der Waals surface area contributed by atoms with Crippen LogP contribution in [0.2, 0.25) is 0 Å². The first-order chi connectivity index (χ1) is 13.4. The zero-order valence-electron chi connectivity index (χ0n) is 15.1. The average molecular weight is 402 g/mol. The molecular weight excluding hydrogens is 384 g/mol. The Balaban J connectivity index is 1.48. The highest BCUT2D eigenvalue weighted by molar-refractivity contribution is 8.01. The van der Waals surface area contributed by atoms with Crippen molar-refractivity contribution < 1.29 is 19.2 Å². The largest absolute Gasteiger partial charge is 0.459 e. The summed E-state index contributed by atoms with van der Waals surface area (Å²) in [5, 5.41) is 14.9. The van der Waals surface area contributed by atoms with Crippen molar-refractivity contribution in [2.75, 3.05) is 0 Å². The Labute approximate surface area is 164 Å². The lowest BCUT2D eigenvalue weighted by atomic mass is 9.96. The van der Waals surface area contributed by atoms with Gasteiger partial charge in [-0.15, -0.1) is 11.8 Å². The normalized spacial score (nSPS) is 25.9. The molecule has 2 aliphatic rings. The second-order valence-electron chi connectivity index (χ2n) is 7.03. The van der Waals surface area contributed by atoms with E-state index in [0.717, 1.165) is 0 Å². The van der Waals surface area contributed by atoms with Gasteiger partial charge in [0.1, 0.15) is 12.6 Å². The third-order valence-electron chi connectivity index (χ3n) is 5.00. The van der Waals surface area contributed by atoms with Crippen molar-refractivity contribution in [1.29, 1.82) is 0 Å². The molecule has 146 valence electrons. The molecule has 0 N–H and O–H groups in total. The number of β-lactam (4-membered cyclic amide) rings is 1. The lowest BCUT2D eigenvalue weighted by Crippen LogP contribution is -2.58. The Kier molecular flexibility index (Phi) is 4.58. The van der Waals surface area contributed by atoms with E-state index >= 15 is 0 Å². The van der Waals surface area contributed by atoms with E-state index in [1.54, 1.807) is 39.7 Å². The van der Waals surface area contributed by atoms with E-state index in [9.17, 15) is 19.7 Å². The molecular formula is C18H18N4O5S. The molecule has 3 heterocycles. The van der Waals surface area contributed by atoms with E-state index in [2.05, 4.69) is 5.10 Å². The van der Waals surface area contributed by atoms with Gasteiger partial charge in [-0.25, -0.2) is 4.79 Å². The molecule has 0 aliphatic carbocycles. The van der Waals surface area contributed by atoms with Crippen LogP contribution < -0.4 is 0 Å². The summed E-state index contributed by atoms with van der Waals surface area (Å²) in [5.41, 5.74) is 0.618. The lowest BCUT2D eigenvalue weighted by Gasteiger charge is -2.37. The molecule has 2 aliphatic heterocycles. The fourth-order valence-corrected chi connectivity index (χ4v) is 5.37. The number of fused-ring (bicyclic) bond motifs is 1. The summed E-state index contributed by atoms with van der Waals surface area (Å²) in [6, 6.07) is 6.94. The number of carbonyl (C=O) groups is 2. The van der Waals surface area contributed by atoms with Crippen molar-refractivity contribution in [3.63, 3.8) is 0 Å². The van der Waals surface area contributed by atoms with Crippen LogP contribution in [0, 0.1) is 10.1 Å². The van der Waals surface area contributed by atoms with Crippen LogP contribution in [0.5, 0.6) is 0 Å². The number of aromatic nitrogens is 2. The number of nitrogens with zero attached hydrogens (tertiary/aromatic N) is 4. The minimum absolute atomic E-state index is 0.0114. The van der Waals surface area contributed by atoms with E-state index in [-0.39, 0.29) is 23.6 Å². The van der Waals surface area contributed by atoms with Crippen molar-refractivity contribution in [3.05, 3.63) is 58.4 Å². The highest BCUT2D eigenvalue weighted by atomic mass is 32.2. The van der Waals surface area contributed by atoms with Crippen LogP contribution in [0.4, 0.5) is 5.69 Å². The zero-order valence-corrected chi connectivity index (χ0v) is 15.9. The molecule has 1 amide bonds. The van der Waals surface area contributed by atoms with Crippen molar-refractivity contribution in [2.24, 2.45) is 0 Å². The molecule has 3 unspecified atom stereocenters. The Morgan fingerprint density at radius 2 is 2.18 bits per heavy atom. The highest BCUT2D eigenvalue weighted by Crippen LogP contribution is 2.51. The van der Waals surface area contributed by atoms with Crippen LogP contribution in [0.15, 0.2) is 42.7 Å². The van der Waals surface area contributed by atoms with Gasteiger partial charge in [0.2, 0.25) is 5.91 Å². The molecule has 10 heteroatoms. The van der Waals surface area contributed by atoms with Crippen molar-refractivity contribution in [2.45, 2.75) is 42.7 Å². The van der Waals surface area contributed by atoms with Gasteiger partial charge in [-0.1, -0.05) is 0 Å². The summed E-state index contributed by atoms with van der Waals surface area (Å²) >= 11 is 1.60. The molecule has 0 bridgehead atoms. The minimum atomic E-state index is -0.703. The molecule has 2 fully saturated rings. The van der Waals surface area contributed by atoms with Gasteiger partial charge in [0.25, 0.3) is 5.69 Å². The van der Waals surface area contributed by atoms with Crippen LogP contribution in [0.1, 0.15) is 18.9 Å². The van der Waals surface area contributed by atoms with Crippen LogP contribution in [-0.4, -0.2) is 47.6 Å². The fourth-order valence-electron chi connectivity index (χ4n) is 3.63. The number of benzene rings is 1. The monoisotopic (exact) mass is 402 g/mol. The van der Waals surface area contributed by atoms with Crippen LogP contribution in [0.3, 0.4) is 0 Å². The second-order valence-corrected chi connectivity index (χ2v) is 8.74. The van der Waals surface area contributed by atoms with Gasteiger partial charge in [-0.05, 0) is 30.7 Å². The molecule has 0 radical (unpaired) electrons. The SMILES string of the molecule is CC1(Cn2cccn2)SC2CC(=O)N2C1C(=O)OCc1ccc([N+](=O)[O-])cc1. The number of hydrogen-bond donors (Lipinski definition) is 0. The van der Waals surface area contributed by atoms with Crippen LogP contribution >= 0.6 is 11.8 Å². The summed E-state index contributed by atoms with van der Waals surface area (Å²) in [7, 11) is 0. The topological polar surface area (TPSA) is 108 Å². The van der Waals surface area contributed by atoms with Gasteiger partial charge < -0.3 is 9.64 Å². The molecule has 4 rings (SSSR count). The van der Waals surface area contributed by atoms with E-state index in [4.69, 9.17) is 4.74 Å². The summed E-state index contributed by atoms with van der Waals surface area (Å²) in [5.74, 6) is -0.532. The number of thioether (sulfide) groups is 1. The maximum atomic E-state index is 12.9. The van der Waals surface area contributed by atoms with E-state index in [0.29, 0.717) is 18.5 Å². The maximum Gasteiger partial charge on any atom is 0.330 e. The summed E-state index contributed by atoms with van der Waals surface area (Å²) in [6.07, 6.45) is 3.92. The number of amides is 1. The fraction of sp³-hybridized carbons (Fsp3) is 0.389. The third kappa shape index (κ3) is 3.24. The molecule has 28 heavy (non-hydrogen) atoms. The third-order valence-corrected chi connectivity index (χ3v) is 6.55. The van der Waals surface area contributed by atoms with Crippen LogP contribution in [0.25, 0.3) is 0 Å². The number of rotatable bonds is 6. The van der Waals surface area contributed by atoms with Crippen molar-refractivity contribution >= 4 is 29.3 Å². The maximum absolute atomic E-state index is 12.9. The standard InChI is InChI=1S/C18H18N4O5S/c1-18(11-20-8-2-7-19-20)16(21-14(23)9-15(21)28-18)17(24)27-10-12-3-5-13(6-4-12)22(25)26/h2-8,15-16H,9-11H2,1H3. The summed E-state index contributed by atoms with van der Waals surface area (Å²) in [4.78, 5) is 36.9. The number of non-ortho nitro benzene ring substituents is 1. The Morgan fingerprint density at radius 1 is 1.43 bits per heavy atom. The molecule has 1 aromatic heterocycles. The molecule has 0 spiro atoms. The Bertz CT molecular complexity index is 917. The lowest BCUT2D eigenvalue weighted by molar-refractivity contribution is -0.384. The average Bonchev–Trinajstić information content (AvgIpc) is 3.24. The van der Waals surface area contributed by atoms with Gasteiger partial charge in [0.15, 0.2) is 0 Å². The number of hydrogen-bond acceptors (Lipinski definition) is 7. The Hall–Kier alpha value is -2.88. The van der Waals surface area contributed by atoms with Gasteiger partial charge in [0.05, 0.1) is 28.0 Å². The molecule has 2 saturated heterocycles. The first kappa shape index (κ1) is 18.5. The first-order valence-corrected chi connectivity index (χ1v) is 9.62. The number of carbonyl (C=O) groups excluding carboxylic acids is 2. The van der Waals surface area contributed by atoms with Crippen molar-refractivity contribution in [1.82, 2.24) is 14.7 Å². The number of nitro benzene ring substituents is 1. The van der Waals surface area contributed by atoms with E-state index < -0.39 is 21.7 Å². The highest BCUT2D eigenvalue weighted by Gasteiger charge is 2.61. The van der Waals surface area contributed by atoms with Crippen molar-refractivity contribution in [3.8, 4) is 0 Å². The minimum Gasteiger partial charge on any atom is -0.459 e. The molecule has 2 aromatic rings. The van der Waals surface area contributed by atoms with E-state index in [1.807, 2.05) is 19.2 Å². The smallest absolute Gasteiger partial charge is 0.330 e. The molecule has 3 atom stereocenters. The van der Waals surface area contributed by atoms with Crippen LogP contribution in [-0.2, 0) is 27.5 Å². The predicted octanol–water partition coefficient (Wildman–Crippen LogP) is 1.97. The first-order valence-electron chi connectivity index (χ1n) is 8.74. The Morgan fingerprint density at radius 3 is 2.79 bits per heavy atom. The second kappa shape index (κ2) is 6.93. The van der Waals surface area contributed by atoms with Gasteiger partial charge in [-0.3, -0.25) is 19.6 Å². The predicted molar refractivity (Wildman–Crippen MR) is 100 cm³/mol. The van der Waals surface area contributed by atoms with Gasteiger partial charge in [0, 0.05) is 24.5 Å². The quantitative estimate of drug-likeness (QED) is 0.315. The number of nitro groups is 1. The molecule has 9 nitrogen and oxygen atoms in total.